The van der Waals surface area contributed by atoms with Crippen molar-refractivity contribution in [2.45, 2.75) is 13.1 Å². The van der Waals surface area contributed by atoms with Gasteiger partial charge in [-0.1, -0.05) is 36.4 Å². The van der Waals surface area contributed by atoms with Gasteiger partial charge in [-0.2, -0.15) is 0 Å². The summed E-state index contributed by atoms with van der Waals surface area (Å²) in [6, 6.07) is 16.0. The molecule has 0 fully saturated rings. The first-order valence-corrected chi connectivity index (χ1v) is 9.86. The van der Waals surface area contributed by atoms with Crippen LogP contribution in [0.15, 0.2) is 59.0 Å². The Morgan fingerprint density at radius 3 is 2.52 bits per heavy atom. The van der Waals surface area contributed by atoms with Gasteiger partial charge in [0.25, 0.3) is 4.84 Å². The maximum atomic E-state index is 5.73. The van der Waals surface area contributed by atoms with E-state index in [1.165, 1.54) is 11.1 Å². The van der Waals surface area contributed by atoms with Crippen molar-refractivity contribution in [3.63, 3.8) is 0 Å². The fourth-order valence-corrected chi connectivity index (χ4v) is 3.60. The predicted molar refractivity (Wildman–Crippen MR) is 114 cm³/mol. The van der Waals surface area contributed by atoms with E-state index in [4.69, 9.17) is 26.1 Å². The van der Waals surface area contributed by atoms with Gasteiger partial charge in [-0.25, -0.2) is 4.68 Å². The molecular formula is C22H23N3O3S. The largest absolute Gasteiger partial charge is 0.493 e. The molecule has 0 saturated carbocycles. The summed E-state index contributed by atoms with van der Waals surface area (Å²) in [6.07, 6.45) is 3.27. The van der Waals surface area contributed by atoms with E-state index in [0.29, 0.717) is 28.9 Å². The molecule has 6 nitrogen and oxygen atoms in total. The number of rotatable bonds is 6. The average molecular weight is 410 g/mol. The molecule has 1 aliphatic heterocycles. The average Bonchev–Trinajstić information content (AvgIpc) is 3.14. The second-order valence-corrected chi connectivity index (χ2v) is 7.16. The number of ether oxygens (including phenoxy) is 2. The fourth-order valence-electron chi connectivity index (χ4n) is 3.43. The van der Waals surface area contributed by atoms with E-state index in [9.17, 15) is 0 Å². The van der Waals surface area contributed by atoms with Crippen LogP contribution in [0.5, 0.6) is 11.5 Å². The van der Waals surface area contributed by atoms with Crippen molar-refractivity contribution in [2.75, 3.05) is 27.3 Å². The van der Waals surface area contributed by atoms with Crippen LogP contribution >= 0.6 is 12.2 Å². The van der Waals surface area contributed by atoms with Gasteiger partial charge in [0, 0.05) is 18.7 Å². The summed E-state index contributed by atoms with van der Waals surface area (Å²) in [5.74, 6) is 1.74. The molecule has 0 unspecified atom stereocenters. The zero-order valence-corrected chi connectivity index (χ0v) is 17.3. The Morgan fingerprint density at radius 2 is 1.83 bits per heavy atom. The minimum Gasteiger partial charge on any atom is -0.493 e. The van der Waals surface area contributed by atoms with Crippen LogP contribution in [0, 0.1) is 4.84 Å². The smallest absolute Gasteiger partial charge is 0.288 e. The third kappa shape index (κ3) is 4.26. The van der Waals surface area contributed by atoms with Crippen LogP contribution < -0.4 is 9.47 Å². The zero-order valence-electron chi connectivity index (χ0n) is 16.5. The Balaban J connectivity index is 1.48. The molecule has 7 heteroatoms. The van der Waals surface area contributed by atoms with Crippen molar-refractivity contribution in [3.8, 4) is 23.0 Å². The van der Waals surface area contributed by atoms with Gasteiger partial charge in [0.05, 0.1) is 20.9 Å². The minimum absolute atomic E-state index is 0.354. The Hall–Kier alpha value is -2.90. The van der Waals surface area contributed by atoms with Crippen molar-refractivity contribution >= 4 is 17.8 Å². The third-order valence-electron chi connectivity index (χ3n) is 5.01. The van der Waals surface area contributed by atoms with E-state index in [-0.39, 0.29) is 0 Å². The molecule has 0 atom stereocenters. The monoisotopic (exact) mass is 409 g/mol. The van der Waals surface area contributed by atoms with E-state index >= 15 is 0 Å². The highest BCUT2D eigenvalue weighted by molar-refractivity contribution is 7.71. The lowest BCUT2D eigenvalue weighted by Crippen LogP contribution is -2.31. The van der Waals surface area contributed by atoms with Crippen LogP contribution in [0.3, 0.4) is 0 Å². The summed E-state index contributed by atoms with van der Waals surface area (Å²) in [7, 11) is 3.21. The number of hydrogen-bond donors (Lipinski definition) is 0. The third-order valence-corrected chi connectivity index (χ3v) is 5.30. The number of methoxy groups -OCH3 is 2. The van der Waals surface area contributed by atoms with Crippen molar-refractivity contribution in [3.05, 3.63) is 65.0 Å². The summed E-state index contributed by atoms with van der Waals surface area (Å²) < 4.78 is 18.1. The van der Waals surface area contributed by atoms with Crippen LogP contribution in [0.1, 0.15) is 12.0 Å². The first-order chi connectivity index (χ1) is 14.2. The number of aromatic nitrogens is 2. The Morgan fingerprint density at radius 1 is 1.03 bits per heavy atom. The SMILES string of the molecule is COc1ccc(-c2nn(CN3CC=C(c4ccccc4)CC3)c(=S)o2)cc1OC. The molecule has 0 aliphatic carbocycles. The van der Waals surface area contributed by atoms with Crippen LogP contribution in [0.25, 0.3) is 17.0 Å². The van der Waals surface area contributed by atoms with Gasteiger partial charge in [-0.3, -0.25) is 4.90 Å². The summed E-state index contributed by atoms with van der Waals surface area (Å²) >= 11 is 5.39. The molecule has 150 valence electrons. The molecule has 29 heavy (non-hydrogen) atoms. The van der Waals surface area contributed by atoms with E-state index < -0.39 is 0 Å². The standard InChI is InChI=1S/C22H23N3O3S/c1-26-19-9-8-18(14-20(19)27-2)21-23-25(22(29)28-21)15-24-12-10-17(11-13-24)16-6-4-3-5-7-16/h3-10,14H,11-13,15H2,1-2H3. The molecule has 0 spiro atoms. The van der Waals surface area contributed by atoms with Gasteiger partial charge in [-0.15, -0.1) is 5.10 Å². The van der Waals surface area contributed by atoms with Crippen LogP contribution in [-0.4, -0.2) is 42.0 Å². The van der Waals surface area contributed by atoms with Gasteiger partial charge in [0.2, 0.25) is 5.89 Å². The van der Waals surface area contributed by atoms with Gasteiger partial charge in [-0.05, 0) is 48.0 Å². The molecule has 2 aromatic carbocycles. The second-order valence-electron chi connectivity index (χ2n) is 6.81. The Bertz CT molecular complexity index is 1070. The molecule has 0 saturated heterocycles. The molecule has 1 aliphatic rings. The van der Waals surface area contributed by atoms with Crippen molar-refractivity contribution < 1.29 is 13.9 Å². The van der Waals surface area contributed by atoms with Crippen LogP contribution in [-0.2, 0) is 6.67 Å². The first kappa shape index (κ1) is 19.4. The molecule has 0 N–H and O–H groups in total. The zero-order chi connectivity index (χ0) is 20.2. The van der Waals surface area contributed by atoms with E-state index in [2.05, 4.69) is 40.3 Å². The predicted octanol–water partition coefficient (Wildman–Crippen LogP) is 4.64. The van der Waals surface area contributed by atoms with Crippen LogP contribution in [0.4, 0.5) is 0 Å². The Labute approximate surface area is 175 Å². The molecule has 4 rings (SSSR count). The highest BCUT2D eigenvalue weighted by Gasteiger charge is 2.16. The van der Waals surface area contributed by atoms with Gasteiger partial charge in [0.1, 0.15) is 0 Å². The van der Waals surface area contributed by atoms with E-state index in [0.717, 1.165) is 25.1 Å². The molecule has 2 heterocycles. The lowest BCUT2D eigenvalue weighted by molar-refractivity contribution is 0.223. The molecule has 1 aromatic heterocycles. The lowest BCUT2D eigenvalue weighted by Gasteiger charge is -2.25. The lowest BCUT2D eigenvalue weighted by atomic mass is 10.00. The number of hydrogen-bond acceptors (Lipinski definition) is 6. The summed E-state index contributed by atoms with van der Waals surface area (Å²) in [6.45, 7) is 2.39. The fraction of sp³-hybridized carbons (Fsp3) is 0.273. The maximum absolute atomic E-state index is 5.73. The van der Waals surface area contributed by atoms with Gasteiger partial charge >= 0.3 is 0 Å². The van der Waals surface area contributed by atoms with E-state index in [1.54, 1.807) is 18.9 Å². The number of nitrogens with zero attached hydrogens (tertiary/aromatic N) is 3. The summed E-state index contributed by atoms with van der Waals surface area (Å²) in [5.41, 5.74) is 3.47. The molecule has 0 bridgehead atoms. The molecule has 0 radical (unpaired) electrons. The first-order valence-electron chi connectivity index (χ1n) is 9.45. The molecule has 3 aromatic rings. The minimum atomic E-state index is 0.354. The highest BCUT2D eigenvalue weighted by Crippen LogP contribution is 2.32. The Kier molecular flexibility index (Phi) is 5.78. The summed E-state index contributed by atoms with van der Waals surface area (Å²) in [5, 5.41) is 4.57. The number of benzene rings is 2. The van der Waals surface area contributed by atoms with Crippen molar-refractivity contribution in [1.29, 1.82) is 0 Å². The molecular weight excluding hydrogens is 386 g/mol. The second kappa shape index (κ2) is 8.63. The van der Waals surface area contributed by atoms with Gasteiger partial charge in [0.15, 0.2) is 11.5 Å². The molecule has 0 amide bonds. The van der Waals surface area contributed by atoms with E-state index in [1.807, 2.05) is 24.3 Å². The highest BCUT2D eigenvalue weighted by atomic mass is 32.1. The van der Waals surface area contributed by atoms with Crippen LogP contribution in [0.2, 0.25) is 0 Å². The van der Waals surface area contributed by atoms with Gasteiger partial charge < -0.3 is 13.9 Å². The maximum Gasteiger partial charge on any atom is 0.288 e. The van der Waals surface area contributed by atoms with Crippen molar-refractivity contribution in [1.82, 2.24) is 14.7 Å². The van der Waals surface area contributed by atoms with Crippen molar-refractivity contribution in [2.24, 2.45) is 0 Å². The quantitative estimate of drug-likeness (QED) is 0.553. The normalized spacial score (nSPS) is 14.5. The summed E-state index contributed by atoms with van der Waals surface area (Å²) in [4.78, 5) is 2.65. The topological polar surface area (TPSA) is 52.7 Å².